The van der Waals surface area contributed by atoms with Crippen LogP contribution in [0.5, 0.6) is 11.5 Å². The molecule has 0 bridgehead atoms. The number of piperidine rings is 2. The number of hydrogen-bond acceptors (Lipinski definition) is 10. The van der Waals surface area contributed by atoms with Gasteiger partial charge in [0.25, 0.3) is 0 Å². The Morgan fingerprint density at radius 3 is 1.39 bits per heavy atom. The van der Waals surface area contributed by atoms with Crippen molar-refractivity contribution in [1.29, 1.82) is 0 Å². The van der Waals surface area contributed by atoms with Crippen molar-refractivity contribution in [2.75, 3.05) is 26.2 Å². The lowest BCUT2D eigenvalue weighted by Gasteiger charge is -2.32. The van der Waals surface area contributed by atoms with Crippen LogP contribution in [-0.4, -0.2) is 82.1 Å². The van der Waals surface area contributed by atoms with E-state index in [2.05, 4.69) is 30.4 Å². The molecule has 1 aliphatic carbocycles. The number of hydrogen-bond donors (Lipinski definition) is 0. The molecule has 4 aromatic rings. The fraction of sp³-hybridized carbons (Fsp3) is 0.535. The average Bonchev–Trinajstić information content (AvgIpc) is 3.66. The monoisotopic (exact) mass is 974 g/mol. The van der Waals surface area contributed by atoms with Gasteiger partial charge in [-0.25, -0.2) is 19.6 Å². The molecule has 2 aliphatic heterocycles. The number of carbonyl (C=O) groups excluding carboxylic acids is 2. The Labute approximate surface area is 373 Å². The van der Waals surface area contributed by atoms with Crippen molar-refractivity contribution >= 4 is 50.8 Å². The maximum Gasteiger partial charge on any atom is 0.573 e. The number of ether oxygens (including phenoxy) is 4. The van der Waals surface area contributed by atoms with Crippen molar-refractivity contribution in [3.63, 3.8) is 0 Å². The Hall–Kier alpha value is -4.10. The quantitative estimate of drug-likeness (QED) is 0.169. The highest BCUT2D eigenvalue weighted by molar-refractivity contribution is 9.10. The van der Waals surface area contributed by atoms with Crippen LogP contribution in [0.1, 0.15) is 113 Å². The zero-order valence-electron chi connectivity index (χ0n) is 35.1. The highest BCUT2D eigenvalue weighted by Gasteiger charge is 2.35. The van der Waals surface area contributed by atoms with Gasteiger partial charge in [0.15, 0.2) is 0 Å². The van der Waals surface area contributed by atoms with Crippen LogP contribution in [0.25, 0.3) is 22.5 Å². The number of benzene rings is 2. The second-order valence-electron chi connectivity index (χ2n) is 17.5. The second-order valence-corrected chi connectivity index (χ2v) is 20.2. The van der Waals surface area contributed by atoms with Gasteiger partial charge < -0.3 is 28.7 Å². The van der Waals surface area contributed by atoms with Gasteiger partial charge >= 0.3 is 24.9 Å². The lowest BCUT2D eigenvalue weighted by atomic mass is 9.98. The normalized spacial score (nSPS) is 17.0. The molecule has 0 radical (unpaired) electrons. The largest absolute Gasteiger partial charge is 0.573 e. The van der Waals surface area contributed by atoms with Crippen molar-refractivity contribution < 1.29 is 54.9 Å². The van der Waals surface area contributed by atoms with Gasteiger partial charge in [0.05, 0.1) is 21.4 Å². The van der Waals surface area contributed by atoms with Crippen LogP contribution >= 0.6 is 38.6 Å². The minimum Gasteiger partial charge on any atom is -0.444 e. The number of likely N-dealkylation sites (tertiary alicyclic amines) is 2. The summed E-state index contributed by atoms with van der Waals surface area (Å²) in [6, 6.07) is 9.09. The predicted octanol–water partition coefficient (Wildman–Crippen LogP) is 13.3. The maximum absolute atomic E-state index is 12.8. The fourth-order valence-electron chi connectivity index (χ4n) is 7.00. The molecule has 2 amide bonds. The van der Waals surface area contributed by atoms with Gasteiger partial charge in [-0.05, 0) is 128 Å². The number of amides is 2. The number of carbonyl (C=O) groups is 2. The number of halogens is 7. The van der Waals surface area contributed by atoms with Gasteiger partial charge in [0, 0.05) is 64.4 Å². The Balaban J connectivity index is 0.000000207. The number of nitrogens with zero attached hydrogens (tertiary/aromatic N) is 4. The third-order valence-corrected chi connectivity index (χ3v) is 12.4. The van der Waals surface area contributed by atoms with Gasteiger partial charge in [0.1, 0.15) is 22.7 Å². The summed E-state index contributed by atoms with van der Waals surface area (Å²) in [4.78, 5) is 37.3. The summed E-state index contributed by atoms with van der Waals surface area (Å²) in [6.45, 7) is 13.4. The van der Waals surface area contributed by atoms with E-state index in [-0.39, 0.29) is 35.5 Å². The van der Waals surface area contributed by atoms with Crippen LogP contribution in [0.2, 0.25) is 0 Å². The highest BCUT2D eigenvalue weighted by Crippen LogP contribution is 2.44. The fourth-order valence-corrected chi connectivity index (χ4v) is 9.48. The molecule has 4 heterocycles. The molecule has 1 saturated carbocycles. The van der Waals surface area contributed by atoms with Gasteiger partial charge in [-0.15, -0.1) is 49.0 Å². The molecule has 10 nitrogen and oxygen atoms in total. The number of thiazole rings is 2. The Kier molecular flexibility index (Phi) is 14.5. The van der Waals surface area contributed by atoms with E-state index in [1.165, 1.54) is 46.9 Å². The number of rotatable bonds is 7. The Bertz CT molecular complexity index is 2180. The topological polar surface area (TPSA) is 103 Å². The van der Waals surface area contributed by atoms with E-state index in [0.717, 1.165) is 54.1 Å². The molecule has 3 fully saturated rings. The van der Waals surface area contributed by atoms with E-state index < -0.39 is 23.9 Å². The molecule has 2 saturated heterocycles. The molecule has 19 heteroatoms. The van der Waals surface area contributed by atoms with E-state index >= 15 is 0 Å². The molecule has 338 valence electrons. The second kappa shape index (κ2) is 18.9. The molecular weight excluding hydrogens is 927 g/mol. The third-order valence-electron chi connectivity index (χ3n) is 9.94. The first-order chi connectivity index (χ1) is 28.9. The summed E-state index contributed by atoms with van der Waals surface area (Å²) in [6.07, 6.45) is -5.08. The number of aromatic nitrogens is 2. The van der Waals surface area contributed by atoms with Gasteiger partial charge in [-0.2, -0.15) is 0 Å². The van der Waals surface area contributed by atoms with Crippen molar-refractivity contribution in [1.82, 2.24) is 19.8 Å². The van der Waals surface area contributed by atoms with E-state index in [1.54, 1.807) is 15.9 Å². The molecule has 62 heavy (non-hydrogen) atoms. The van der Waals surface area contributed by atoms with E-state index in [0.29, 0.717) is 59.1 Å². The van der Waals surface area contributed by atoms with Crippen LogP contribution in [0.3, 0.4) is 0 Å². The average molecular weight is 976 g/mol. The summed E-state index contributed by atoms with van der Waals surface area (Å²) < 4.78 is 95.5. The van der Waals surface area contributed by atoms with Gasteiger partial charge in [-0.1, -0.05) is 15.9 Å². The Morgan fingerprint density at radius 1 is 0.597 bits per heavy atom. The van der Waals surface area contributed by atoms with Crippen molar-refractivity contribution in [3.05, 3.63) is 67.2 Å². The van der Waals surface area contributed by atoms with Crippen molar-refractivity contribution in [2.24, 2.45) is 0 Å². The van der Waals surface area contributed by atoms with Crippen LogP contribution in [0, 0.1) is 0 Å². The van der Waals surface area contributed by atoms with Gasteiger partial charge in [0.2, 0.25) is 0 Å². The minimum atomic E-state index is -4.76. The summed E-state index contributed by atoms with van der Waals surface area (Å²) >= 11 is 6.20. The molecule has 0 unspecified atom stereocenters. The van der Waals surface area contributed by atoms with Crippen LogP contribution < -0.4 is 9.47 Å². The molecule has 3 aliphatic rings. The zero-order valence-corrected chi connectivity index (χ0v) is 38.3. The molecule has 2 aromatic carbocycles. The maximum atomic E-state index is 12.8. The van der Waals surface area contributed by atoms with Crippen molar-refractivity contribution in [3.8, 4) is 34.0 Å². The molecule has 0 atom stereocenters. The summed E-state index contributed by atoms with van der Waals surface area (Å²) in [5, 5.41) is 5.57. The van der Waals surface area contributed by atoms with E-state index in [9.17, 15) is 35.9 Å². The smallest absolute Gasteiger partial charge is 0.444 e. The molecule has 0 spiro atoms. The van der Waals surface area contributed by atoms with E-state index in [1.807, 2.05) is 58.4 Å². The Morgan fingerprint density at radius 2 is 1.00 bits per heavy atom. The third kappa shape index (κ3) is 14.2. The van der Waals surface area contributed by atoms with Crippen LogP contribution in [-0.2, 0) is 9.47 Å². The minimum absolute atomic E-state index is 0.195. The van der Waals surface area contributed by atoms with Crippen molar-refractivity contribution in [2.45, 2.75) is 122 Å². The van der Waals surface area contributed by atoms with Gasteiger partial charge in [-0.3, -0.25) is 0 Å². The highest BCUT2D eigenvalue weighted by atomic mass is 79.9. The lowest BCUT2D eigenvalue weighted by Crippen LogP contribution is -2.41. The molecule has 2 aromatic heterocycles. The summed E-state index contributed by atoms with van der Waals surface area (Å²) in [5.41, 5.74) is 2.24. The molecular formula is C43H49BrF6N4O6S2. The molecule has 7 rings (SSSR count). The van der Waals surface area contributed by atoms with Crippen LogP contribution in [0.4, 0.5) is 35.9 Å². The SMILES string of the molecule is CC(C)(C)OC(=O)N1CCC(c2nc(-c3cc(Br)cc(OC(F)(F)F)c3)cs2)CC1.CC(C)(C)OC(=O)N1CCC(c2nc(-c3cc(OC(F)(F)F)cc(C4CC4)c3)cs2)CC1. The standard InChI is InChI=1S/C23H27F3N2O3S.C20H22BrF3N2O3S/c1-22(2,3)31-21(29)28-8-6-15(7-9-28)20-27-19(13-32-20)17-10-16(14-4-5-14)11-18(12-17)30-23(24,25)26;1-19(2,3)29-18(27)26-6-4-12(5-7-26)17-25-16(11-30-17)13-8-14(21)10-15(9-13)28-20(22,23)24/h10-15H,4-9H2,1-3H3;8-12H,4-7H2,1-3H3. The zero-order chi connectivity index (χ0) is 45.2. The first-order valence-corrected chi connectivity index (χ1v) is 22.8. The predicted molar refractivity (Wildman–Crippen MR) is 228 cm³/mol. The van der Waals surface area contributed by atoms with E-state index in [4.69, 9.17) is 14.5 Å². The number of alkyl halides is 6. The summed E-state index contributed by atoms with van der Waals surface area (Å²) in [7, 11) is 0. The molecule has 0 N–H and O–H groups in total. The lowest BCUT2D eigenvalue weighted by molar-refractivity contribution is -0.275. The first kappa shape index (κ1) is 47.4. The summed E-state index contributed by atoms with van der Waals surface area (Å²) in [5.74, 6) is 0.204. The van der Waals surface area contributed by atoms with Crippen LogP contribution in [0.15, 0.2) is 51.6 Å². The first-order valence-electron chi connectivity index (χ1n) is 20.2.